The summed E-state index contributed by atoms with van der Waals surface area (Å²) >= 11 is 0. The van der Waals surface area contributed by atoms with Gasteiger partial charge in [-0.3, -0.25) is 10.1 Å². The Kier molecular flexibility index (Phi) is 6.26. The third-order valence-electron chi connectivity index (χ3n) is 4.92. The van der Waals surface area contributed by atoms with Gasteiger partial charge < -0.3 is 24.4 Å². The Morgan fingerprint density at radius 2 is 1.69 bits per heavy atom. The average molecular weight is 405 g/mol. The van der Waals surface area contributed by atoms with Crippen LogP contribution in [0.3, 0.4) is 0 Å². The number of ether oxygens (including phenoxy) is 3. The van der Waals surface area contributed by atoms with Crippen LogP contribution in [-0.2, 0) is 0 Å². The largest absolute Gasteiger partial charge is 0.497 e. The molecule has 1 unspecified atom stereocenters. The molecule has 0 saturated carbocycles. The molecule has 1 saturated heterocycles. The Morgan fingerprint density at radius 1 is 1.07 bits per heavy atom. The van der Waals surface area contributed by atoms with E-state index in [2.05, 4.69) is 5.32 Å². The topological polar surface area (TPSA) is 86.1 Å². The summed E-state index contributed by atoms with van der Waals surface area (Å²) in [6.45, 7) is 1.07. The van der Waals surface area contributed by atoms with Gasteiger partial charge in [-0.1, -0.05) is 0 Å². The number of nitrogens with zero attached hydrogens (tertiary/aromatic N) is 2. The van der Waals surface area contributed by atoms with E-state index in [1.165, 1.54) is 13.2 Å². The van der Waals surface area contributed by atoms with E-state index < -0.39 is 16.4 Å². The van der Waals surface area contributed by atoms with E-state index in [9.17, 15) is 14.5 Å². The zero-order valence-electron chi connectivity index (χ0n) is 16.6. The van der Waals surface area contributed by atoms with Gasteiger partial charge in [0.1, 0.15) is 22.9 Å². The SMILES string of the molecule is COc1cc(NC2CCCN(c3cc(OC)cc(F)c3[N+](=O)[O-])C2)cc(OC)c1. The number of nitrogens with one attached hydrogen (secondary N) is 1. The second-order valence-corrected chi connectivity index (χ2v) is 6.76. The predicted molar refractivity (Wildman–Crippen MR) is 108 cm³/mol. The van der Waals surface area contributed by atoms with Crippen molar-refractivity contribution in [3.63, 3.8) is 0 Å². The third-order valence-corrected chi connectivity index (χ3v) is 4.92. The van der Waals surface area contributed by atoms with Crippen molar-refractivity contribution in [3.8, 4) is 17.2 Å². The molecule has 0 radical (unpaired) electrons. The summed E-state index contributed by atoms with van der Waals surface area (Å²) in [6, 6.07) is 8.04. The van der Waals surface area contributed by atoms with Gasteiger partial charge in [-0.25, -0.2) is 0 Å². The van der Waals surface area contributed by atoms with E-state index in [0.717, 1.165) is 24.6 Å². The highest BCUT2D eigenvalue weighted by molar-refractivity contribution is 5.67. The van der Waals surface area contributed by atoms with Crippen LogP contribution in [0.5, 0.6) is 17.2 Å². The van der Waals surface area contributed by atoms with E-state index in [0.29, 0.717) is 24.6 Å². The van der Waals surface area contributed by atoms with Crippen LogP contribution in [0.15, 0.2) is 30.3 Å². The Labute approximate surface area is 168 Å². The molecule has 1 atom stereocenters. The monoisotopic (exact) mass is 405 g/mol. The molecule has 3 rings (SSSR count). The maximum Gasteiger partial charge on any atom is 0.328 e. The molecule has 156 valence electrons. The van der Waals surface area contributed by atoms with Crippen molar-refractivity contribution in [2.24, 2.45) is 0 Å². The maximum absolute atomic E-state index is 14.3. The number of anilines is 2. The predicted octanol–water partition coefficient (Wildman–Crippen LogP) is 3.84. The number of rotatable bonds is 7. The summed E-state index contributed by atoms with van der Waals surface area (Å²) in [5.41, 5.74) is 0.510. The molecular formula is C20H24FN3O5. The molecule has 0 aliphatic carbocycles. The fraction of sp³-hybridized carbons (Fsp3) is 0.400. The zero-order valence-corrected chi connectivity index (χ0v) is 16.6. The van der Waals surface area contributed by atoms with Crippen molar-refractivity contribution in [3.05, 3.63) is 46.3 Å². The van der Waals surface area contributed by atoms with Gasteiger partial charge in [-0.15, -0.1) is 0 Å². The molecule has 1 aliphatic rings. The van der Waals surface area contributed by atoms with Crippen molar-refractivity contribution in [2.75, 3.05) is 44.6 Å². The second-order valence-electron chi connectivity index (χ2n) is 6.76. The molecule has 0 spiro atoms. The van der Waals surface area contributed by atoms with Gasteiger partial charge in [0, 0.05) is 55.2 Å². The molecule has 9 heteroatoms. The number of halogens is 1. The number of hydrogen-bond donors (Lipinski definition) is 1. The van der Waals surface area contributed by atoms with Crippen LogP contribution in [0.1, 0.15) is 12.8 Å². The zero-order chi connectivity index (χ0) is 21.0. The molecule has 2 aromatic carbocycles. The molecule has 29 heavy (non-hydrogen) atoms. The Morgan fingerprint density at radius 3 is 2.28 bits per heavy atom. The van der Waals surface area contributed by atoms with E-state index in [1.54, 1.807) is 20.3 Å². The van der Waals surface area contributed by atoms with Crippen molar-refractivity contribution in [1.82, 2.24) is 0 Å². The molecule has 8 nitrogen and oxygen atoms in total. The Balaban J connectivity index is 1.85. The number of nitro benzene ring substituents is 1. The lowest BCUT2D eigenvalue weighted by molar-refractivity contribution is -0.386. The first-order valence-corrected chi connectivity index (χ1v) is 9.21. The highest BCUT2D eigenvalue weighted by Gasteiger charge is 2.29. The van der Waals surface area contributed by atoms with E-state index >= 15 is 0 Å². The summed E-state index contributed by atoms with van der Waals surface area (Å²) in [6.07, 6.45) is 1.67. The van der Waals surface area contributed by atoms with E-state index in [-0.39, 0.29) is 17.5 Å². The van der Waals surface area contributed by atoms with Crippen molar-refractivity contribution in [2.45, 2.75) is 18.9 Å². The first-order valence-electron chi connectivity index (χ1n) is 9.21. The molecule has 1 N–H and O–H groups in total. The van der Waals surface area contributed by atoms with Gasteiger partial charge in [0.25, 0.3) is 0 Å². The quantitative estimate of drug-likeness (QED) is 0.553. The normalized spacial score (nSPS) is 16.3. The van der Waals surface area contributed by atoms with Gasteiger partial charge in [0.2, 0.25) is 5.82 Å². The van der Waals surface area contributed by atoms with Crippen molar-refractivity contribution in [1.29, 1.82) is 0 Å². The van der Waals surface area contributed by atoms with Gasteiger partial charge in [0.15, 0.2) is 0 Å². The molecule has 1 aliphatic heterocycles. The summed E-state index contributed by atoms with van der Waals surface area (Å²) in [5, 5.41) is 14.9. The minimum atomic E-state index is -0.906. The van der Waals surface area contributed by atoms with E-state index in [4.69, 9.17) is 14.2 Å². The highest BCUT2D eigenvalue weighted by Crippen LogP contribution is 2.37. The van der Waals surface area contributed by atoms with Gasteiger partial charge in [-0.05, 0) is 12.8 Å². The summed E-state index contributed by atoms with van der Waals surface area (Å²) in [4.78, 5) is 12.6. The smallest absolute Gasteiger partial charge is 0.328 e. The first kappa shape index (κ1) is 20.5. The van der Waals surface area contributed by atoms with Gasteiger partial charge in [-0.2, -0.15) is 4.39 Å². The minimum Gasteiger partial charge on any atom is -0.497 e. The summed E-state index contributed by atoms with van der Waals surface area (Å²) in [7, 11) is 4.57. The van der Waals surface area contributed by atoms with Crippen LogP contribution >= 0.6 is 0 Å². The van der Waals surface area contributed by atoms with Crippen LogP contribution in [-0.4, -0.2) is 45.4 Å². The molecular weight excluding hydrogens is 381 g/mol. The molecule has 0 aromatic heterocycles. The van der Waals surface area contributed by atoms with Crippen LogP contribution in [0.25, 0.3) is 0 Å². The number of piperidine rings is 1. The molecule has 2 aromatic rings. The van der Waals surface area contributed by atoms with E-state index in [1.807, 2.05) is 17.0 Å². The summed E-state index contributed by atoms with van der Waals surface area (Å²) < 4.78 is 30.0. The third kappa shape index (κ3) is 4.61. The Bertz CT molecular complexity index is 870. The number of methoxy groups -OCH3 is 3. The van der Waals surface area contributed by atoms with Gasteiger partial charge >= 0.3 is 5.69 Å². The van der Waals surface area contributed by atoms with Crippen LogP contribution in [0, 0.1) is 15.9 Å². The number of benzene rings is 2. The highest BCUT2D eigenvalue weighted by atomic mass is 19.1. The Hall–Kier alpha value is -3.23. The standard InChI is InChI=1S/C20H24FN3O5/c1-27-15-7-14(8-16(9-15)28-2)22-13-5-4-6-23(12-13)19-11-17(29-3)10-18(21)20(19)24(25)26/h7-11,13,22H,4-6,12H2,1-3H3. The minimum absolute atomic E-state index is 0.00873. The fourth-order valence-corrected chi connectivity index (χ4v) is 3.54. The summed E-state index contributed by atoms with van der Waals surface area (Å²) in [5.74, 6) is 0.655. The van der Waals surface area contributed by atoms with Gasteiger partial charge in [0.05, 0.1) is 26.3 Å². The number of nitro groups is 1. The van der Waals surface area contributed by atoms with Crippen molar-refractivity contribution < 1.29 is 23.5 Å². The molecule has 0 bridgehead atoms. The van der Waals surface area contributed by atoms with Crippen LogP contribution in [0.2, 0.25) is 0 Å². The lowest BCUT2D eigenvalue weighted by Gasteiger charge is -2.35. The second kappa shape index (κ2) is 8.85. The lowest BCUT2D eigenvalue weighted by Crippen LogP contribution is -2.42. The molecule has 1 heterocycles. The lowest BCUT2D eigenvalue weighted by atomic mass is 10.0. The average Bonchev–Trinajstić information content (AvgIpc) is 2.72. The molecule has 1 fully saturated rings. The van der Waals surface area contributed by atoms with Crippen LogP contribution < -0.4 is 24.4 Å². The van der Waals surface area contributed by atoms with Crippen LogP contribution in [0.4, 0.5) is 21.5 Å². The first-order chi connectivity index (χ1) is 13.9. The van der Waals surface area contributed by atoms with Crippen molar-refractivity contribution >= 4 is 17.1 Å². The number of hydrogen-bond acceptors (Lipinski definition) is 7. The fourth-order valence-electron chi connectivity index (χ4n) is 3.54. The molecule has 0 amide bonds. The maximum atomic E-state index is 14.3.